The minimum Gasteiger partial charge on any atom is -0.426 e. The average Bonchev–Trinajstić information content (AvgIpc) is 2.75. The standard InChI is InChI=1S/C24H20FNO4/c25-20-10-6-18(7-11-20)24(29)19-8-12-21(13-9-19)30-23(28)14-15-26-22(27)16-17-4-2-1-3-5-17/h1-13H,14-16H2,(H,26,27). The number of rotatable bonds is 8. The summed E-state index contributed by atoms with van der Waals surface area (Å²) in [6.07, 6.45) is 0.274. The molecule has 0 heterocycles. The van der Waals surface area contributed by atoms with Gasteiger partial charge in [-0.3, -0.25) is 14.4 Å². The third-order valence-electron chi connectivity index (χ3n) is 4.31. The molecule has 0 saturated heterocycles. The van der Waals surface area contributed by atoms with Crippen LogP contribution in [0.25, 0.3) is 0 Å². The molecule has 5 nitrogen and oxygen atoms in total. The number of hydrogen-bond acceptors (Lipinski definition) is 4. The predicted octanol–water partition coefficient (Wildman–Crippen LogP) is 3.71. The zero-order valence-corrected chi connectivity index (χ0v) is 16.1. The smallest absolute Gasteiger partial charge is 0.312 e. The molecule has 0 unspecified atom stereocenters. The van der Waals surface area contributed by atoms with Gasteiger partial charge in [0.1, 0.15) is 11.6 Å². The van der Waals surface area contributed by atoms with E-state index in [2.05, 4.69) is 5.32 Å². The Morgan fingerprint density at radius 2 is 1.40 bits per heavy atom. The number of hydrogen-bond donors (Lipinski definition) is 1. The minimum atomic E-state index is -0.493. The van der Waals surface area contributed by atoms with Gasteiger partial charge in [-0.2, -0.15) is 0 Å². The molecular formula is C24H20FNO4. The van der Waals surface area contributed by atoms with Crippen LogP contribution in [0.2, 0.25) is 0 Å². The van der Waals surface area contributed by atoms with Crippen LogP contribution < -0.4 is 10.1 Å². The Kier molecular flexibility index (Phi) is 7.05. The van der Waals surface area contributed by atoms with Crippen molar-refractivity contribution in [3.05, 3.63) is 101 Å². The highest BCUT2D eigenvalue weighted by Gasteiger charge is 2.11. The lowest BCUT2D eigenvalue weighted by Crippen LogP contribution is -2.28. The maximum absolute atomic E-state index is 13.0. The van der Waals surface area contributed by atoms with Crippen LogP contribution >= 0.6 is 0 Å². The molecule has 3 rings (SSSR count). The van der Waals surface area contributed by atoms with Gasteiger partial charge in [-0.25, -0.2) is 4.39 Å². The van der Waals surface area contributed by atoms with Crippen molar-refractivity contribution in [3.8, 4) is 5.75 Å². The van der Waals surface area contributed by atoms with Crippen LogP contribution in [0.5, 0.6) is 5.75 Å². The second-order valence-corrected chi connectivity index (χ2v) is 6.60. The van der Waals surface area contributed by atoms with E-state index in [1.807, 2.05) is 30.3 Å². The van der Waals surface area contributed by atoms with Crippen molar-refractivity contribution >= 4 is 17.7 Å². The van der Waals surface area contributed by atoms with E-state index in [4.69, 9.17) is 4.74 Å². The molecule has 0 spiro atoms. The van der Waals surface area contributed by atoms with Crippen LogP contribution in [0.4, 0.5) is 4.39 Å². The van der Waals surface area contributed by atoms with Crippen molar-refractivity contribution in [3.63, 3.8) is 0 Å². The third kappa shape index (κ3) is 6.10. The van der Waals surface area contributed by atoms with Crippen molar-refractivity contribution < 1.29 is 23.5 Å². The van der Waals surface area contributed by atoms with Crippen molar-refractivity contribution in [2.45, 2.75) is 12.8 Å². The van der Waals surface area contributed by atoms with Crippen LogP contribution in [0.3, 0.4) is 0 Å². The number of ether oxygens (including phenoxy) is 1. The molecule has 152 valence electrons. The number of ketones is 1. The van der Waals surface area contributed by atoms with Gasteiger partial charge in [0.05, 0.1) is 12.8 Å². The van der Waals surface area contributed by atoms with Gasteiger partial charge in [-0.1, -0.05) is 30.3 Å². The topological polar surface area (TPSA) is 72.5 Å². The third-order valence-corrected chi connectivity index (χ3v) is 4.31. The van der Waals surface area contributed by atoms with Gasteiger partial charge in [0, 0.05) is 17.7 Å². The quantitative estimate of drug-likeness (QED) is 0.352. The second-order valence-electron chi connectivity index (χ2n) is 6.60. The molecular weight excluding hydrogens is 385 g/mol. The van der Waals surface area contributed by atoms with Crippen molar-refractivity contribution in [1.82, 2.24) is 5.32 Å². The predicted molar refractivity (Wildman–Crippen MR) is 110 cm³/mol. The lowest BCUT2D eigenvalue weighted by atomic mass is 10.0. The lowest BCUT2D eigenvalue weighted by Gasteiger charge is -2.07. The van der Waals surface area contributed by atoms with E-state index in [0.29, 0.717) is 16.9 Å². The normalized spacial score (nSPS) is 10.3. The Hall–Kier alpha value is -3.80. The summed E-state index contributed by atoms with van der Waals surface area (Å²) in [5, 5.41) is 2.68. The van der Waals surface area contributed by atoms with Crippen molar-refractivity contribution in [2.24, 2.45) is 0 Å². The monoisotopic (exact) mass is 405 g/mol. The van der Waals surface area contributed by atoms with Gasteiger partial charge < -0.3 is 10.1 Å². The highest BCUT2D eigenvalue weighted by Crippen LogP contribution is 2.16. The average molecular weight is 405 g/mol. The van der Waals surface area contributed by atoms with Crippen molar-refractivity contribution in [1.29, 1.82) is 0 Å². The largest absolute Gasteiger partial charge is 0.426 e. The van der Waals surface area contributed by atoms with E-state index in [1.54, 1.807) is 0 Å². The lowest BCUT2D eigenvalue weighted by molar-refractivity contribution is -0.134. The zero-order chi connectivity index (χ0) is 21.3. The Balaban J connectivity index is 1.44. The molecule has 6 heteroatoms. The van der Waals surface area contributed by atoms with Crippen molar-refractivity contribution in [2.75, 3.05) is 6.54 Å². The highest BCUT2D eigenvalue weighted by atomic mass is 19.1. The molecule has 1 N–H and O–H groups in total. The number of esters is 1. The summed E-state index contributed by atoms with van der Waals surface area (Å²) >= 11 is 0. The molecule has 0 fully saturated rings. The number of nitrogens with one attached hydrogen (secondary N) is 1. The maximum Gasteiger partial charge on any atom is 0.312 e. The highest BCUT2D eigenvalue weighted by molar-refractivity contribution is 6.09. The molecule has 3 aromatic rings. The summed E-state index contributed by atoms with van der Waals surface area (Å²) in [5.41, 5.74) is 1.66. The molecule has 0 bridgehead atoms. The fourth-order valence-electron chi connectivity index (χ4n) is 2.77. The van der Waals surface area contributed by atoms with Gasteiger partial charge in [-0.05, 0) is 54.1 Å². The minimum absolute atomic E-state index is 0.0246. The number of amides is 1. The van der Waals surface area contributed by atoms with Crippen LogP contribution in [0.1, 0.15) is 27.9 Å². The first-order valence-electron chi connectivity index (χ1n) is 9.43. The summed E-state index contributed by atoms with van der Waals surface area (Å²) in [7, 11) is 0. The summed E-state index contributed by atoms with van der Waals surface area (Å²) < 4.78 is 18.2. The van der Waals surface area contributed by atoms with Crippen LogP contribution in [0, 0.1) is 5.82 Å². The van der Waals surface area contributed by atoms with E-state index in [-0.39, 0.29) is 31.1 Å². The number of benzene rings is 3. The first kappa shape index (κ1) is 20.9. The summed E-state index contributed by atoms with van der Waals surface area (Å²) in [4.78, 5) is 36.2. The molecule has 30 heavy (non-hydrogen) atoms. The Bertz CT molecular complexity index is 1020. The van der Waals surface area contributed by atoms with Crippen LogP contribution in [-0.4, -0.2) is 24.2 Å². The van der Waals surface area contributed by atoms with Gasteiger partial charge in [-0.15, -0.1) is 0 Å². The molecule has 0 aliphatic carbocycles. The van der Waals surface area contributed by atoms with Crippen LogP contribution in [-0.2, 0) is 16.0 Å². The zero-order valence-electron chi connectivity index (χ0n) is 16.1. The van der Waals surface area contributed by atoms with E-state index in [9.17, 15) is 18.8 Å². The Morgan fingerprint density at radius 1 is 0.800 bits per heavy atom. The van der Waals surface area contributed by atoms with Crippen LogP contribution in [0.15, 0.2) is 78.9 Å². The number of carbonyl (C=O) groups excluding carboxylic acids is 3. The molecule has 0 radical (unpaired) electrons. The molecule has 0 aliphatic rings. The summed E-state index contributed by atoms with van der Waals surface area (Å²) in [6, 6.07) is 20.7. The van der Waals surface area contributed by atoms with Gasteiger partial charge in [0.15, 0.2) is 5.78 Å². The first-order valence-corrected chi connectivity index (χ1v) is 9.43. The van der Waals surface area contributed by atoms with Gasteiger partial charge in [0.2, 0.25) is 5.91 Å². The van der Waals surface area contributed by atoms with E-state index in [0.717, 1.165) is 5.56 Å². The van der Waals surface area contributed by atoms with E-state index in [1.165, 1.54) is 48.5 Å². The molecule has 0 atom stereocenters. The van der Waals surface area contributed by atoms with E-state index < -0.39 is 11.8 Å². The second kappa shape index (κ2) is 10.1. The van der Waals surface area contributed by atoms with Gasteiger partial charge >= 0.3 is 5.97 Å². The molecule has 3 aromatic carbocycles. The van der Waals surface area contributed by atoms with Gasteiger partial charge in [0.25, 0.3) is 0 Å². The summed E-state index contributed by atoms with van der Waals surface area (Å²) in [6.45, 7) is 0.172. The number of halogens is 1. The van der Waals surface area contributed by atoms with E-state index >= 15 is 0 Å². The molecule has 0 aliphatic heterocycles. The molecule has 0 aromatic heterocycles. The summed E-state index contributed by atoms with van der Waals surface area (Å²) in [5.74, 6) is -1.03. The SMILES string of the molecule is O=C(Cc1ccccc1)NCCC(=O)Oc1ccc(C(=O)c2ccc(F)cc2)cc1. The number of carbonyl (C=O) groups is 3. The molecule has 1 amide bonds. The first-order chi connectivity index (χ1) is 14.5. The Morgan fingerprint density at radius 3 is 2.03 bits per heavy atom. The Labute approximate surface area is 173 Å². The maximum atomic E-state index is 13.0. The fourth-order valence-corrected chi connectivity index (χ4v) is 2.77. The molecule has 0 saturated carbocycles. The fraction of sp³-hybridized carbons (Fsp3) is 0.125.